The van der Waals surface area contributed by atoms with Crippen molar-refractivity contribution < 1.29 is 4.74 Å². The van der Waals surface area contributed by atoms with Crippen molar-refractivity contribution in [1.29, 1.82) is 0 Å². The molecule has 1 heterocycles. The van der Waals surface area contributed by atoms with Gasteiger partial charge in [0.05, 0.1) is 5.60 Å². The summed E-state index contributed by atoms with van der Waals surface area (Å²) in [5.41, 5.74) is 1.33. The number of anilines is 1. The Labute approximate surface area is 123 Å². The van der Waals surface area contributed by atoms with Crippen molar-refractivity contribution in [3.63, 3.8) is 0 Å². The van der Waals surface area contributed by atoms with Gasteiger partial charge in [-0.2, -0.15) is 0 Å². The summed E-state index contributed by atoms with van der Waals surface area (Å²) in [6, 6.07) is 11.2. The van der Waals surface area contributed by atoms with Crippen LogP contribution in [0.4, 0.5) is 5.69 Å². The van der Waals surface area contributed by atoms with Crippen LogP contribution in [0.25, 0.3) is 0 Å². The molecule has 1 atom stereocenters. The van der Waals surface area contributed by atoms with Crippen molar-refractivity contribution in [3.8, 4) is 0 Å². The predicted octanol–water partition coefficient (Wildman–Crippen LogP) is 3.06. The molecule has 1 N–H and O–H groups in total. The van der Waals surface area contributed by atoms with Gasteiger partial charge in [0.2, 0.25) is 0 Å². The molecular weight excluding hydrogens is 248 g/mol. The van der Waals surface area contributed by atoms with Crippen LogP contribution < -0.4 is 10.2 Å². The summed E-state index contributed by atoms with van der Waals surface area (Å²) in [4.78, 5) is 2.32. The van der Waals surface area contributed by atoms with Crippen LogP contribution in [-0.2, 0) is 4.74 Å². The molecule has 1 aromatic carbocycles. The molecule has 1 unspecified atom stereocenters. The lowest BCUT2D eigenvalue weighted by molar-refractivity contribution is -0.0627. The van der Waals surface area contributed by atoms with Gasteiger partial charge in [0, 0.05) is 31.9 Å². The van der Waals surface area contributed by atoms with Gasteiger partial charge in [-0.05, 0) is 51.8 Å². The van der Waals surface area contributed by atoms with Crippen molar-refractivity contribution in [1.82, 2.24) is 5.32 Å². The van der Waals surface area contributed by atoms with Crippen molar-refractivity contribution in [2.75, 3.05) is 31.6 Å². The number of para-hydroxylation sites is 1. The second kappa shape index (κ2) is 7.09. The molecule has 1 fully saturated rings. The Balaban J connectivity index is 1.64. The van der Waals surface area contributed by atoms with Gasteiger partial charge in [0.25, 0.3) is 0 Å². The minimum absolute atomic E-state index is 0.0384. The second-order valence-electron chi connectivity index (χ2n) is 6.36. The van der Waals surface area contributed by atoms with E-state index in [2.05, 4.69) is 61.4 Å². The molecule has 0 bridgehead atoms. The van der Waals surface area contributed by atoms with E-state index >= 15 is 0 Å². The molecule has 0 radical (unpaired) electrons. The number of ether oxygens (including phenoxy) is 1. The maximum Gasteiger partial charge on any atom is 0.0641 e. The van der Waals surface area contributed by atoms with Crippen LogP contribution in [0.2, 0.25) is 0 Å². The van der Waals surface area contributed by atoms with Gasteiger partial charge in [-0.15, -0.1) is 0 Å². The molecule has 1 aliphatic rings. The highest BCUT2D eigenvalue weighted by molar-refractivity contribution is 5.44. The number of nitrogens with one attached hydrogen (secondary N) is 1. The van der Waals surface area contributed by atoms with E-state index in [1.165, 1.54) is 12.1 Å². The van der Waals surface area contributed by atoms with E-state index in [0.29, 0.717) is 6.04 Å². The zero-order chi connectivity index (χ0) is 14.4. The molecule has 3 heteroatoms. The lowest BCUT2D eigenvalue weighted by Crippen LogP contribution is -2.44. The fraction of sp³-hybridized carbons (Fsp3) is 0.647. The third-order valence-corrected chi connectivity index (χ3v) is 4.00. The van der Waals surface area contributed by atoms with Crippen molar-refractivity contribution in [3.05, 3.63) is 30.3 Å². The van der Waals surface area contributed by atoms with Crippen LogP contribution >= 0.6 is 0 Å². The van der Waals surface area contributed by atoms with Crippen LogP contribution in [0.5, 0.6) is 0 Å². The summed E-state index contributed by atoms with van der Waals surface area (Å²) in [6.45, 7) is 7.42. The Bertz CT molecular complexity index is 391. The van der Waals surface area contributed by atoms with E-state index in [-0.39, 0.29) is 5.60 Å². The Morgan fingerprint density at radius 2 is 2.05 bits per heavy atom. The Morgan fingerprint density at radius 3 is 2.75 bits per heavy atom. The van der Waals surface area contributed by atoms with Crippen LogP contribution in [0.3, 0.4) is 0 Å². The van der Waals surface area contributed by atoms with Crippen LogP contribution in [0, 0.1) is 0 Å². The monoisotopic (exact) mass is 276 g/mol. The summed E-state index contributed by atoms with van der Waals surface area (Å²) in [5.74, 6) is 0. The fourth-order valence-corrected chi connectivity index (χ4v) is 2.84. The summed E-state index contributed by atoms with van der Waals surface area (Å²) in [5, 5.41) is 3.68. The topological polar surface area (TPSA) is 24.5 Å². The van der Waals surface area contributed by atoms with E-state index in [0.717, 1.165) is 32.5 Å². The SMILES string of the molecule is CN(CCCNC1CCOC(C)(C)C1)c1ccccc1. The number of hydrogen-bond acceptors (Lipinski definition) is 3. The molecule has 1 aromatic rings. The van der Waals surface area contributed by atoms with Crippen LogP contribution in [-0.4, -0.2) is 38.4 Å². The highest BCUT2D eigenvalue weighted by Gasteiger charge is 2.28. The molecule has 3 nitrogen and oxygen atoms in total. The minimum atomic E-state index is 0.0384. The quantitative estimate of drug-likeness (QED) is 0.808. The van der Waals surface area contributed by atoms with Crippen LogP contribution in [0.15, 0.2) is 30.3 Å². The Kier molecular flexibility index (Phi) is 5.44. The molecule has 1 saturated heterocycles. The first kappa shape index (κ1) is 15.3. The predicted molar refractivity (Wildman–Crippen MR) is 85.4 cm³/mol. The second-order valence-corrected chi connectivity index (χ2v) is 6.36. The van der Waals surface area contributed by atoms with E-state index < -0.39 is 0 Å². The summed E-state index contributed by atoms with van der Waals surface area (Å²) in [7, 11) is 2.16. The molecule has 0 amide bonds. The molecular formula is C17H28N2O. The highest BCUT2D eigenvalue weighted by atomic mass is 16.5. The molecule has 0 aliphatic carbocycles. The maximum atomic E-state index is 5.75. The molecule has 0 spiro atoms. The number of hydrogen-bond donors (Lipinski definition) is 1. The van der Waals surface area contributed by atoms with Crippen LogP contribution in [0.1, 0.15) is 33.1 Å². The van der Waals surface area contributed by atoms with E-state index in [1.54, 1.807) is 0 Å². The molecule has 0 aromatic heterocycles. The summed E-state index contributed by atoms with van der Waals surface area (Å²) in [6.07, 6.45) is 3.42. The summed E-state index contributed by atoms with van der Waals surface area (Å²) >= 11 is 0. The Hall–Kier alpha value is -1.06. The largest absolute Gasteiger partial charge is 0.375 e. The first-order valence-corrected chi connectivity index (χ1v) is 7.70. The first-order valence-electron chi connectivity index (χ1n) is 7.70. The van der Waals surface area contributed by atoms with Gasteiger partial charge < -0.3 is 15.0 Å². The normalized spacial score (nSPS) is 21.6. The average molecular weight is 276 g/mol. The van der Waals surface area contributed by atoms with Gasteiger partial charge in [-0.25, -0.2) is 0 Å². The zero-order valence-electron chi connectivity index (χ0n) is 13.1. The highest BCUT2D eigenvalue weighted by Crippen LogP contribution is 2.23. The first-order chi connectivity index (χ1) is 9.57. The van der Waals surface area contributed by atoms with E-state index in [4.69, 9.17) is 4.74 Å². The maximum absolute atomic E-state index is 5.75. The molecule has 2 rings (SSSR count). The average Bonchev–Trinajstić information content (AvgIpc) is 2.43. The Morgan fingerprint density at radius 1 is 1.30 bits per heavy atom. The standard InChI is InChI=1S/C17H28N2O/c1-17(2)14-15(10-13-20-17)18-11-7-12-19(3)16-8-5-4-6-9-16/h4-6,8-9,15,18H,7,10-14H2,1-3H3. The zero-order valence-corrected chi connectivity index (χ0v) is 13.1. The smallest absolute Gasteiger partial charge is 0.0641 e. The van der Waals surface area contributed by atoms with E-state index in [9.17, 15) is 0 Å². The van der Waals surface area contributed by atoms with E-state index in [1.807, 2.05) is 0 Å². The molecule has 20 heavy (non-hydrogen) atoms. The van der Waals surface area contributed by atoms with Crippen molar-refractivity contribution in [2.24, 2.45) is 0 Å². The number of rotatable bonds is 6. The van der Waals surface area contributed by atoms with Gasteiger partial charge in [0.1, 0.15) is 0 Å². The van der Waals surface area contributed by atoms with Gasteiger partial charge in [-0.1, -0.05) is 18.2 Å². The minimum Gasteiger partial charge on any atom is -0.375 e. The third-order valence-electron chi connectivity index (χ3n) is 4.00. The van der Waals surface area contributed by atoms with Crippen molar-refractivity contribution in [2.45, 2.75) is 44.8 Å². The van der Waals surface area contributed by atoms with Gasteiger partial charge in [-0.3, -0.25) is 0 Å². The lowest BCUT2D eigenvalue weighted by Gasteiger charge is -2.36. The lowest BCUT2D eigenvalue weighted by atomic mass is 9.94. The molecule has 0 saturated carbocycles. The fourth-order valence-electron chi connectivity index (χ4n) is 2.84. The number of benzene rings is 1. The van der Waals surface area contributed by atoms with Crippen molar-refractivity contribution >= 4 is 5.69 Å². The molecule has 112 valence electrons. The molecule has 1 aliphatic heterocycles. The summed E-state index contributed by atoms with van der Waals surface area (Å²) < 4.78 is 5.75. The third kappa shape index (κ3) is 4.80. The van der Waals surface area contributed by atoms with Gasteiger partial charge in [0.15, 0.2) is 0 Å². The number of nitrogens with zero attached hydrogens (tertiary/aromatic N) is 1. The van der Waals surface area contributed by atoms with Gasteiger partial charge >= 0.3 is 0 Å².